The highest BCUT2D eigenvalue weighted by Crippen LogP contribution is 2.23. The molecular formula is C14H16N4O3. The molecule has 110 valence electrons. The van der Waals surface area contributed by atoms with Gasteiger partial charge in [-0.3, -0.25) is 9.59 Å². The summed E-state index contributed by atoms with van der Waals surface area (Å²) in [5, 5.41) is 0. The van der Waals surface area contributed by atoms with Crippen LogP contribution in [0.2, 0.25) is 0 Å². The minimum Gasteiger partial charge on any atom is -0.377 e. The number of nitrogens with zero attached hydrogens (tertiary/aromatic N) is 2. The molecule has 0 bridgehead atoms. The number of carbonyl (C=O) groups is 1. The molecule has 1 aliphatic heterocycles. The standard InChI is InChI=1S/C14H16N4O3/c1-9-7-15-13(16-9)11-8-21-6-5-18(11)14(20)10-3-2-4-12(19)17-10/h2-4,7,11H,5-6,8H2,1H3,(H,15,16)(H,17,19)/t11-/m0/s1. The number of imidazole rings is 1. The number of aryl methyl sites for hydroxylation is 1. The Bertz CT molecular complexity index is 706. The number of carbonyl (C=O) groups excluding carboxylic acids is 1. The Balaban J connectivity index is 1.90. The zero-order valence-electron chi connectivity index (χ0n) is 11.6. The van der Waals surface area contributed by atoms with Gasteiger partial charge in [-0.05, 0) is 13.0 Å². The predicted molar refractivity (Wildman–Crippen MR) is 75.0 cm³/mol. The molecule has 0 radical (unpaired) electrons. The SMILES string of the molecule is Cc1cnc([C@@H]2COCCN2C(=O)c2cccc(=O)[nH]2)[nH]1. The maximum atomic E-state index is 12.6. The van der Waals surface area contributed by atoms with Gasteiger partial charge in [0.1, 0.15) is 17.6 Å². The number of hydrogen-bond acceptors (Lipinski definition) is 4. The van der Waals surface area contributed by atoms with Gasteiger partial charge in [0.15, 0.2) is 0 Å². The van der Waals surface area contributed by atoms with Crippen LogP contribution in [0.5, 0.6) is 0 Å². The van der Waals surface area contributed by atoms with Crippen LogP contribution in [0.4, 0.5) is 0 Å². The Labute approximate surface area is 121 Å². The molecule has 0 aliphatic carbocycles. The Hall–Kier alpha value is -2.41. The third kappa shape index (κ3) is 2.73. The van der Waals surface area contributed by atoms with Crippen molar-refractivity contribution in [2.24, 2.45) is 0 Å². The molecule has 1 aliphatic rings. The molecule has 21 heavy (non-hydrogen) atoms. The summed E-state index contributed by atoms with van der Waals surface area (Å²) in [7, 11) is 0. The molecule has 3 rings (SSSR count). The number of hydrogen-bond donors (Lipinski definition) is 2. The monoisotopic (exact) mass is 288 g/mol. The highest BCUT2D eigenvalue weighted by Gasteiger charge is 2.31. The van der Waals surface area contributed by atoms with Crippen LogP contribution in [-0.2, 0) is 4.74 Å². The largest absolute Gasteiger partial charge is 0.377 e. The van der Waals surface area contributed by atoms with E-state index in [4.69, 9.17) is 4.74 Å². The molecule has 1 amide bonds. The summed E-state index contributed by atoms with van der Waals surface area (Å²) < 4.78 is 5.46. The number of morpholine rings is 1. The third-order valence-electron chi connectivity index (χ3n) is 3.43. The van der Waals surface area contributed by atoms with E-state index in [1.807, 2.05) is 6.92 Å². The predicted octanol–water partition coefficient (Wildman–Crippen LogP) is 0.620. The Morgan fingerprint density at radius 3 is 3.00 bits per heavy atom. The van der Waals surface area contributed by atoms with Crippen LogP contribution in [0.3, 0.4) is 0 Å². The van der Waals surface area contributed by atoms with E-state index in [1.165, 1.54) is 6.07 Å². The van der Waals surface area contributed by atoms with Crippen molar-refractivity contribution in [3.8, 4) is 0 Å². The van der Waals surface area contributed by atoms with E-state index in [-0.39, 0.29) is 23.2 Å². The Morgan fingerprint density at radius 1 is 1.43 bits per heavy atom. The molecule has 7 heteroatoms. The smallest absolute Gasteiger partial charge is 0.271 e. The van der Waals surface area contributed by atoms with E-state index in [1.54, 1.807) is 23.2 Å². The average Bonchev–Trinajstić information content (AvgIpc) is 2.93. The van der Waals surface area contributed by atoms with Crippen molar-refractivity contribution >= 4 is 5.91 Å². The van der Waals surface area contributed by atoms with Crippen molar-refractivity contribution in [2.75, 3.05) is 19.8 Å². The van der Waals surface area contributed by atoms with E-state index >= 15 is 0 Å². The highest BCUT2D eigenvalue weighted by molar-refractivity contribution is 5.92. The number of H-pyrrole nitrogens is 2. The summed E-state index contributed by atoms with van der Waals surface area (Å²) in [6.45, 7) is 3.22. The van der Waals surface area contributed by atoms with Gasteiger partial charge in [-0.2, -0.15) is 0 Å². The Morgan fingerprint density at radius 2 is 2.29 bits per heavy atom. The van der Waals surface area contributed by atoms with Crippen LogP contribution in [0.15, 0.2) is 29.2 Å². The van der Waals surface area contributed by atoms with Crippen molar-refractivity contribution in [2.45, 2.75) is 13.0 Å². The van der Waals surface area contributed by atoms with Crippen molar-refractivity contribution < 1.29 is 9.53 Å². The number of rotatable bonds is 2. The van der Waals surface area contributed by atoms with Gasteiger partial charge < -0.3 is 19.6 Å². The van der Waals surface area contributed by atoms with Crippen molar-refractivity contribution in [1.29, 1.82) is 0 Å². The lowest BCUT2D eigenvalue weighted by molar-refractivity contribution is -0.00532. The summed E-state index contributed by atoms with van der Waals surface area (Å²) in [5.41, 5.74) is 0.910. The lowest BCUT2D eigenvalue weighted by Crippen LogP contribution is -2.44. The number of amides is 1. The van der Waals surface area contributed by atoms with Gasteiger partial charge in [0.25, 0.3) is 5.91 Å². The second kappa shape index (κ2) is 5.53. The molecule has 7 nitrogen and oxygen atoms in total. The van der Waals surface area contributed by atoms with E-state index in [2.05, 4.69) is 15.0 Å². The number of pyridine rings is 1. The second-order valence-corrected chi connectivity index (χ2v) is 4.97. The highest BCUT2D eigenvalue weighted by atomic mass is 16.5. The first-order valence-electron chi connectivity index (χ1n) is 6.75. The average molecular weight is 288 g/mol. The molecule has 1 fully saturated rings. The van der Waals surface area contributed by atoms with E-state index in [9.17, 15) is 9.59 Å². The summed E-state index contributed by atoms with van der Waals surface area (Å²) in [4.78, 5) is 35.6. The van der Waals surface area contributed by atoms with Crippen molar-refractivity contribution in [1.82, 2.24) is 19.9 Å². The molecule has 1 saturated heterocycles. The zero-order chi connectivity index (χ0) is 14.8. The number of nitrogens with one attached hydrogen (secondary N) is 2. The van der Waals surface area contributed by atoms with Crippen LogP contribution < -0.4 is 5.56 Å². The lowest BCUT2D eigenvalue weighted by Gasteiger charge is -2.34. The summed E-state index contributed by atoms with van der Waals surface area (Å²) in [6.07, 6.45) is 1.72. The molecule has 0 unspecified atom stereocenters. The Kier molecular flexibility index (Phi) is 3.57. The van der Waals surface area contributed by atoms with Gasteiger partial charge in [-0.25, -0.2) is 4.98 Å². The maximum Gasteiger partial charge on any atom is 0.271 e. The minimum atomic E-state index is -0.292. The molecule has 1 atom stereocenters. The number of aromatic nitrogens is 3. The molecule has 0 saturated carbocycles. The van der Waals surface area contributed by atoms with E-state index in [0.29, 0.717) is 25.6 Å². The van der Waals surface area contributed by atoms with E-state index in [0.717, 1.165) is 5.69 Å². The van der Waals surface area contributed by atoms with Gasteiger partial charge in [-0.1, -0.05) is 6.07 Å². The number of aromatic amines is 2. The molecule has 0 aromatic carbocycles. The molecule has 2 aromatic rings. The van der Waals surface area contributed by atoms with Crippen molar-refractivity contribution in [3.05, 3.63) is 52.0 Å². The zero-order valence-corrected chi connectivity index (χ0v) is 11.6. The fourth-order valence-electron chi connectivity index (χ4n) is 2.40. The summed E-state index contributed by atoms with van der Waals surface area (Å²) >= 11 is 0. The van der Waals surface area contributed by atoms with Gasteiger partial charge in [0, 0.05) is 24.5 Å². The van der Waals surface area contributed by atoms with Gasteiger partial charge in [0.2, 0.25) is 5.56 Å². The first kappa shape index (κ1) is 13.6. The minimum absolute atomic E-state index is 0.227. The quantitative estimate of drug-likeness (QED) is 0.847. The topological polar surface area (TPSA) is 91.1 Å². The normalized spacial score (nSPS) is 18.7. The molecule has 2 aromatic heterocycles. The van der Waals surface area contributed by atoms with Crippen LogP contribution in [0.1, 0.15) is 28.0 Å². The summed E-state index contributed by atoms with van der Waals surface area (Å²) in [5.74, 6) is 0.467. The summed E-state index contributed by atoms with van der Waals surface area (Å²) in [6, 6.07) is 4.27. The maximum absolute atomic E-state index is 12.6. The van der Waals surface area contributed by atoms with E-state index < -0.39 is 0 Å². The molecule has 0 spiro atoms. The van der Waals surface area contributed by atoms with Gasteiger partial charge >= 0.3 is 0 Å². The molecular weight excluding hydrogens is 272 g/mol. The fourth-order valence-corrected chi connectivity index (χ4v) is 2.40. The molecule has 3 heterocycles. The second-order valence-electron chi connectivity index (χ2n) is 4.97. The van der Waals surface area contributed by atoms with Crippen LogP contribution in [0.25, 0.3) is 0 Å². The van der Waals surface area contributed by atoms with Crippen molar-refractivity contribution in [3.63, 3.8) is 0 Å². The van der Waals surface area contributed by atoms with Crippen LogP contribution in [0, 0.1) is 6.92 Å². The first-order valence-corrected chi connectivity index (χ1v) is 6.75. The molecule has 2 N–H and O–H groups in total. The lowest BCUT2D eigenvalue weighted by atomic mass is 10.2. The third-order valence-corrected chi connectivity index (χ3v) is 3.43. The van der Waals surface area contributed by atoms with Gasteiger partial charge in [-0.15, -0.1) is 0 Å². The number of ether oxygens (including phenoxy) is 1. The van der Waals surface area contributed by atoms with Crippen LogP contribution in [-0.4, -0.2) is 45.5 Å². The first-order chi connectivity index (χ1) is 10.1. The van der Waals surface area contributed by atoms with Crippen LogP contribution >= 0.6 is 0 Å². The fraction of sp³-hybridized carbons (Fsp3) is 0.357. The van der Waals surface area contributed by atoms with Gasteiger partial charge in [0.05, 0.1) is 13.2 Å².